The van der Waals surface area contributed by atoms with E-state index >= 15 is 0 Å². The Balaban J connectivity index is 4.06. The second kappa shape index (κ2) is 7.56. The Hall–Kier alpha value is 0. The Morgan fingerprint density at radius 1 is 0.722 bits per heavy atom. The van der Waals surface area contributed by atoms with Crippen LogP contribution in [0.4, 0.5) is 0 Å². The zero-order valence-corrected chi connectivity index (χ0v) is 14.5. The van der Waals surface area contributed by atoms with Crippen LogP contribution in [0.1, 0.15) is 81.6 Å². The summed E-state index contributed by atoms with van der Waals surface area (Å²) in [5.41, 5.74) is 0.486. The van der Waals surface area contributed by atoms with Crippen molar-refractivity contribution in [3.05, 3.63) is 0 Å². The van der Waals surface area contributed by atoms with Crippen molar-refractivity contribution >= 4 is 0 Å². The average Bonchev–Trinajstić information content (AvgIpc) is 2.21. The Kier molecular flexibility index (Phi) is 7.56. The van der Waals surface area contributed by atoms with Gasteiger partial charge >= 0.3 is 0 Å². The van der Waals surface area contributed by atoms with Crippen LogP contribution in [0, 0.1) is 35.0 Å². The van der Waals surface area contributed by atoms with Crippen molar-refractivity contribution in [1.82, 2.24) is 0 Å². The molecule has 110 valence electrons. The first kappa shape index (κ1) is 18.0. The summed E-state index contributed by atoms with van der Waals surface area (Å²) in [5, 5.41) is 0. The lowest BCUT2D eigenvalue weighted by Crippen LogP contribution is -2.21. The summed E-state index contributed by atoms with van der Waals surface area (Å²) in [4.78, 5) is 0. The molecule has 0 aromatic rings. The number of hydrogen-bond acceptors (Lipinski definition) is 0. The van der Waals surface area contributed by atoms with Crippen molar-refractivity contribution < 1.29 is 0 Å². The first-order valence-corrected chi connectivity index (χ1v) is 8.04. The predicted octanol–water partition coefficient (Wildman–Crippen LogP) is 6.40. The van der Waals surface area contributed by atoms with Gasteiger partial charge in [-0.25, -0.2) is 0 Å². The molecule has 0 bridgehead atoms. The van der Waals surface area contributed by atoms with Gasteiger partial charge in [0.1, 0.15) is 0 Å². The molecule has 0 nitrogen and oxygen atoms in total. The van der Waals surface area contributed by atoms with Crippen molar-refractivity contribution in [2.75, 3.05) is 0 Å². The van der Waals surface area contributed by atoms with E-state index in [1.807, 2.05) is 0 Å². The Morgan fingerprint density at radius 2 is 1.22 bits per heavy atom. The maximum absolute atomic E-state index is 2.45. The second-order valence-electron chi connectivity index (χ2n) is 8.39. The third-order valence-corrected chi connectivity index (χ3v) is 4.85. The Labute approximate surface area is 117 Å². The van der Waals surface area contributed by atoms with Crippen LogP contribution >= 0.6 is 0 Å². The summed E-state index contributed by atoms with van der Waals surface area (Å²) < 4.78 is 0. The fraction of sp³-hybridized carbons (Fsp3) is 1.00. The molecule has 0 aliphatic heterocycles. The summed E-state index contributed by atoms with van der Waals surface area (Å²) in [6.07, 6.45) is 4.15. The third-order valence-electron chi connectivity index (χ3n) is 4.85. The van der Waals surface area contributed by atoms with Crippen molar-refractivity contribution in [2.45, 2.75) is 81.6 Å². The minimum atomic E-state index is 0.486. The molecule has 0 aliphatic carbocycles. The van der Waals surface area contributed by atoms with E-state index in [1.54, 1.807) is 0 Å². The highest BCUT2D eigenvalue weighted by atomic mass is 14.3. The molecule has 4 atom stereocenters. The first-order valence-electron chi connectivity index (χ1n) is 8.04. The lowest BCUT2D eigenvalue weighted by molar-refractivity contribution is 0.198. The summed E-state index contributed by atoms with van der Waals surface area (Å²) >= 11 is 0. The minimum absolute atomic E-state index is 0.486. The maximum Gasteiger partial charge on any atom is -0.0380 e. The maximum atomic E-state index is 2.45. The number of hydrogen-bond donors (Lipinski definition) is 0. The van der Waals surface area contributed by atoms with E-state index in [9.17, 15) is 0 Å². The molecule has 0 fully saturated rings. The van der Waals surface area contributed by atoms with E-state index in [1.165, 1.54) is 19.3 Å². The highest BCUT2D eigenvalue weighted by Crippen LogP contribution is 2.32. The number of rotatable bonds is 7. The van der Waals surface area contributed by atoms with E-state index in [-0.39, 0.29) is 0 Å². The average molecular weight is 255 g/mol. The summed E-state index contributed by atoms with van der Waals surface area (Å²) in [5.74, 6) is 4.25. The highest BCUT2D eigenvalue weighted by Gasteiger charge is 2.22. The standard InChI is InChI=1S/C18H38/c1-13(2)16(5)17(6)15(4)11-10-14(3)12-18(7,8)9/h13-17H,10-12H2,1-9H3. The largest absolute Gasteiger partial charge is 0.0625 e. The van der Waals surface area contributed by atoms with Gasteiger partial charge < -0.3 is 0 Å². The van der Waals surface area contributed by atoms with Crippen LogP contribution in [0.25, 0.3) is 0 Å². The summed E-state index contributed by atoms with van der Waals surface area (Å²) in [6, 6.07) is 0. The SMILES string of the molecule is CC(CCC(C)C(C)C(C)C(C)C)CC(C)(C)C. The molecular formula is C18H38. The quantitative estimate of drug-likeness (QED) is 0.493. The van der Waals surface area contributed by atoms with E-state index in [4.69, 9.17) is 0 Å². The zero-order valence-electron chi connectivity index (χ0n) is 14.5. The minimum Gasteiger partial charge on any atom is -0.0625 e. The van der Waals surface area contributed by atoms with Gasteiger partial charge in [-0.1, -0.05) is 75.2 Å². The van der Waals surface area contributed by atoms with Crippen LogP contribution in [0.2, 0.25) is 0 Å². The van der Waals surface area contributed by atoms with E-state index in [2.05, 4.69) is 62.3 Å². The fourth-order valence-corrected chi connectivity index (χ4v) is 3.08. The lowest BCUT2D eigenvalue weighted by Gasteiger charge is -2.30. The molecule has 0 spiro atoms. The molecule has 0 N–H and O–H groups in total. The van der Waals surface area contributed by atoms with Crippen LogP contribution in [-0.4, -0.2) is 0 Å². The molecule has 0 aromatic heterocycles. The normalized spacial score (nSPS) is 19.7. The monoisotopic (exact) mass is 254 g/mol. The molecular weight excluding hydrogens is 216 g/mol. The molecule has 4 unspecified atom stereocenters. The van der Waals surface area contributed by atoms with Crippen molar-refractivity contribution in [1.29, 1.82) is 0 Å². The Bertz CT molecular complexity index is 209. The lowest BCUT2D eigenvalue weighted by atomic mass is 9.75. The second-order valence-corrected chi connectivity index (χ2v) is 8.39. The van der Waals surface area contributed by atoms with Gasteiger partial charge in [0.25, 0.3) is 0 Å². The molecule has 0 amide bonds. The van der Waals surface area contributed by atoms with Crippen LogP contribution in [0.3, 0.4) is 0 Å². The van der Waals surface area contributed by atoms with E-state index in [0.29, 0.717) is 5.41 Å². The molecule has 0 heteroatoms. The first-order chi connectivity index (χ1) is 8.04. The highest BCUT2D eigenvalue weighted by molar-refractivity contribution is 4.73. The molecule has 18 heavy (non-hydrogen) atoms. The van der Waals surface area contributed by atoms with Crippen LogP contribution < -0.4 is 0 Å². The molecule has 0 rings (SSSR count). The molecule has 0 aliphatic rings. The Morgan fingerprint density at radius 3 is 1.61 bits per heavy atom. The fourth-order valence-electron chi connectivity index (χ4n) is 3.08. The van der Waals surface area contributed by atoms with Gasteiger partial charge in [0.2, 0.25) is 0 Å². The van der Waals surface area contributed by atoms with E-state index < -0.39 is 0 Å². The van der Waals surface area contributed by atoms with Gasteiger partial charge in [0.15, 0.2) is 0 Å². The molecule has 0 saturated heterocycles. The third kappa shape index (κ3) is 7.44. The molecule has 0 saturated carbocycles. The van der Waals surface area contributed by atoms with Crippen molar-refractivity contribution in [3.63, 3.8) is 0 Å². The smallest absolute Gasteiger partial charge is 0.0380 e. The van der Waals surface area contributed by atoms with Gasteiger partial charge in [-0.05, 0) is 41.4 Å². The van der Waals surface area contributed by atoms with Gasteiger partial charge in [-0.3, -0.25) is 0 Å². The van der Waals surface area contributed by atoms with E-state index in [0.717, 1.165) is 29.6 Å². The van der Waals surface area contributed by atoms with Gasteiger partial charge in [0.05, 0.1) is 0 Å². The summed E-state index contributed by atoms with van der Waals surface area (Å²) in [7, 11) is 0. The van der Waals surface area contributed by atoms with Crippen molar-refractivity contribution in [2.24, 2.45) is 35.0 Å². The predicted molar refractivity (Wildman–Crippen MR) is 84.8 cm³/mol. The molecule has 0 aromatic carbocycles. The van der Waals surface area contributed by atoms with Crippen LogP contribution in [-0.2, 0) is 0 Å². The topological polar surface area (TPSA) is 0 Å². The zero-order chi connectivity index (χ0) is 14.5. The molecule has 0 radical (unpaired) electrons. The van der Waals surface area contributed by atoms with Gasteiger partial charge in [0, 0.05) is 0 Å². The molecule has 0 heterocycles. The van der Waals surface area contributed by atoms with Crippen LogP contribution in [0.5, 0.6) is 0 Å². The summed E-state index contributed by atoms with van der Waals surface area (Å²) in [6.45, 7) is 21.5. The van der Waals surface area contributed by atoms with Crippen molar-refractivity contribution in [3.8, 4) is 0 Å². The van der Waals surface area contributed by atoms with Crippen LogP contribution in [0.15, 0.2) is 0 Å². The van der Waals surface area contributed by atoms with Gasteiger partial charge in [-0.2, -0.15) is 0 Å². The van der Waals surface area contributed by atoms with Gasteiger partial charge in [-0.15, -0.1) is 0 Å².